The Morgan fingerprint density at radius 1 is 1.44 bits per heavy atom. The molecule has 1 atom stereocenters. The van der Waals surface area contributed by atoms with E-state index in [0.29, 0.717) is 23.1 Å². The molecular formula is C17H21F2N7S. The first kappa shape index (κ1) is 19.4. The topological polar surface area (TPSA) is 93.6 Å². The van der Waals surface area contributed by atoms with Gasteiger partial charge in [0, 0.05) is 25.7 Å². The smallest absolute Gasteiger partial charge is 0.279 e. The standard InChI is InChI=1S/C17H21F2N7S/c18-17(19)12(20)3-4-15-21-8-14(25-15)13-6-16(23-10-22-13)26-5-1-2-11(9-26)7-24-27/h3-4,6,8,10-11,17,20,24,27H,1-2,5,7,9H2,(H,21,25)/b4-3-,20-12?. The largest absolute Gasteiger partial charge is 0.356 e. The number of alkyl halides is 2. The van der Waals surface area contributed by atoms with Gasteiger partial charge in [0.15, 0.2) is 0 Å². The average Bonchev–Trinajstić information content (AvgIpc) is 3.16. The molecule has 2 aromatic heterocycles. The van der Waals surface area contributed by atoms with Gasteiger partial charge in [-0.3, -0.25) is 10.1 Å². The summed E-state index contributed by atoms with van der Waals surface area (Å²) in [6.07, 6.45) is 4.92. The van der Waals surface area contributed by atoms with E-state index in [1.165, 1.54) is 12.4 Å². The molecule has 0 aliphatic carbocycles. The maximum Gasteiger partial charge on any atom is 0.279 e. The van der Waals surface area contributed by atoms with Crippen molar-refractivity contribution in [3.8, 4) is 11.4 Å². The minimum absolute atomic E-state index is 0.383. The van der Waals surface area contributed by atoms with Crippen LogP contribution in [0.4, 0.5) is 14.6 Å². The molecule has 1 fully saturated rings. The summed E-state index contributed by atoms with van der Waals surface area (Å²) in [7, 11) is 0. The molecule has 1 aliphatic rings. The van der Waals surface area contributed by atoms with Crippen LogP contribution in [-0.4, -0.2) is 51.7 Å². The summed E-state index contributed by atoms with van der Waals surface area (Å²) >= 11 is 4.09. The van der Waals surface area contributed by atoms with Crippen molar-refractivity contribution in [3.05, 3.63) is 30.5 Å². The predicted molar refractivity (Wildman–Crippen MR) is 104 cm³/mol. The van der Waals surface area contributed by atoms with Gasteiger partial charge in [-0.25, -0.2) is 23.7 Å². The van der Waals surface area contributed by atoms with Gasteiger partial charge in [-0.1, -0.05) is 12.8 Å². The van der Waals surface area contributed by atoms with Crippen molar-refractivity contribution in [1.82, 2.24) is 24.7 Å². The van der Waals surface area contributed by atoms with Crippen LogP contribution in [0.15, 0.2) is 24.7 Å². The van der Waals surface area contributed by atoms with Gasteiger partial charge in [-0.2, -0.15) is 0 Å². The molecule has 10 heteroatoms. The van der Waals surface area contributed by atoms with E-state index in [4.69, 9.17) is 5.41 Å². The molecule has 0 aromatic carbocycles. The van der Waals surface area contributed by atoms with Gasteiger partial charge < -0.3 is 9.88 Å². The highest BCUT2D eigenvalue weighted by Crippen LogP contribution is 2.24. The van der Waals surface area contributed by atoms with Crippen molar-refractivity contribution < 1.29 is 8.78 Å². The number of nitrogens with one attached hydrogen (secondary N) is 3. The van der Waals surface area contributed by atoms with Crippen LogP contribution < -0.4 is 9.62 Å². The van der Waals surface area contributed by atoms with Crippen molar-refractivity contribution >= 4 is 30.4 Å². The highest BCUT2D eigenvalue weighted by Gasteiger charge is 2.21. The van der Waals surface area contributed by atoms with Gasteiger partial charge in [-0.05, 0) is 30.9 Å². The Morgan fingerprint density at radius 3 is 3.07 bits per heavy atom. The summed E-state index contributed by atoms with van der Waals surface area (Å²) < 4.78 is 27.7. The fourth-order valence-corrected chi connectivity index (χ4v) is 3.29. The number of thiol groups is 1. The lowest BCUT2D eigenvalue weighted by Gasteiger charge is -2.33. The zero-order valence-electron chi connectivity index (χ0n) is 14.6. The van der Waals surface area contributed by atoms with Crippen molar-refractivity contribution in [2.75, 3.05) is 24.5 Å². The van der Waals surface area contributed by atoms with Crippen LogP contribution in [0.25, 0.3) is 17.5 Å². The van der Waals surface area contributed by atoms with Crippen LogP contribution in [0.3, 0.4) is 0 Å². The second-order valence-corrected chi connectivity index (χ2v) is 6.67. The molecule has 144 valence electrons. The van der Waals surface area contributed by atoms with E-state index in [0.717, 1.165) is 44.4 Å². The van der Waals surface area contributed by atoms with Gasteiger partial charge in [0.05, 0.1) is 23.3 Å². The quantitative estimate of drug-likeness (QED) is 0.429. The number of allylic oxidation sites excluding steroid dienone is 1. The molecule has 0 bridgehead atoms. The summed E-state index contributed by atoms with van der Waals surface area (Å²) in [4.78, 5) is 18.0. The summed E-state index contributed by atoms with van der Waals surface area (Å²) in [5, 5.41) is 7.14. The van der Waals surface area contributed by atoms with Crippen LogP contribution >= 0.6 is 12.8 Å². The van der Waals surface area contributed by atoms with E-state index in [1.807, 2.05) is 6.07 Å². The van der Waals surface area contributed by atoms with Gasteiger partial charge in [-0.15, -0.1) is 0 Å². The van der Waals surface area contributed by atoms with Crippen LogP contribution in [0.1, 0.15) is 18.7 Å². The Labute approximate surface area is 161 Å². The fourth-order valence-electron chi connectivity index (χ4n) is 3.03. The molecule has 27 heavy (non-hydrogen) atoms. The van der Waals surface area contributed by atoms with E-state index in [9.17, 15) is 8.78 Å². The van der Waals surface area contributed by atoms with Crippen molar-refractivity contribution in [2.24, 2.45) is 5.92 Å². The first-order valence-electron chi connectivity index (χ1n) is 8.61. The molecule has 3 rings (SSSR count). The summed E-state index contributed by atoms with van der Waals surface area (Å²) in [5.41, 5.74) is 0.575. The number of H-pyrrole nitrogens is 1. The molecule has 0 radical (unpaired) electrons. The lowest BCUT2D eigenvalue weighted by Crippen LogP contribution is -2.38. The van der Waals surface area contributed by atoms with Crippen LogP contribution in [-0.2, 0) is 0 Å². The van der Waals surface area contributed by atoms with Crippen molar-refractivity contribution in [2.45, 2.75) is 19.3 Å². The van der Waals surface area contributed by atoms with E-state index in [1.54, 1.807) is 6.20 Å². The predicted octanol–water partition coefficient (Wildman–Crippen LogP) is 2.82. The maximum atomic E-state index is 12.4. The van der Waals surface area contributed by atoms with E-state index in [-0.39, 0.29) is 0 Å². The van der Waals surface area contributed by atoms with Crippen LogP contribution in [0, 0.1) is 11.3 Å². The van der Waals surface area contributed by atoms with Gasteiger partial charge >= 0.3 is 0 Å². The Bertz CT molecular complexity index is 806. The molecule has 3 N–H and O–H groups in total. The lowest BCUT2D eigenvalue weighted by molar-refractivity contribution is 0.226. The monoisotopic (exact) mass is 393 g/mol. The zero-order valence-corrected chi connectivity index (χ0v) is 15.5. The summed E-state index contributed by atoms with van der Waals surface area (Å²) in [5.74, 6) is 1.74. The Balaban J connectivity index is 1.73. The first-order valence-corrected chi connectivity index (χ1v) is 9.05. The molecule has 2 aromatic rings. The maximum absolute atomic E-state index is 12.4. The number of rotatable bonds is 7. The number of piperidine rings is 1. The molecule has 1 saturated heterocycles. The minimum Gasteiger partial charge on any atom is -0.356 e. The molecule has 0 saturated carbocycles. The Kier molecular flexibility index (Phi) is 6.51. The zero-order chi connectivity index (χ0) is 19.2. The Morgan fingerprint density at radius 2 is 2.30 bits per heavy atom. The Hall–Kier alpha value is -2.33. The molecule has 7 nitrogen and oxygen atoms in total. The number of hydrogen-bond donors (Lipinski definition) is 4. The highest BCUT2D eigenvalue weighted by molar-refractivity contribution is 7.78. The van der Waals surface area contributed by atoms with E-state index in [2.05, 4.69) is 42.4 Å². The number of nitrogens with zero attached hydrogens (tertiary/aromatic N) is 4. The lowest BCUT2D eigenvalue weighted by atomic mass is 9.98. The minimum atomic E-state index is -2.80. The number of aromatic nitrogens is 4. The van der Waals surface area contributed by atoms with Crippen LogP contribution in [0.2, 0.25) is 0 Å². The average molecular weight is 393 g/mol. The number of halogens is 2. The summed E-state index contributed by atoms with van der Waals surface area (Å²) in [6, 6.07) is 1.89. The number of anilines is 1. The van der Waals surface area contributed by atoms with Crippen molar-refractivity contribution in [3.63, 3.8) is 0 Å². The number of aromatic amines is 1. The fraction of sp³-hybridized carbons (Fsp3) is 0.412. The van der Waals surface area contributed by atoms with Gasteiger partial charge in [0.25, 0.3) is 6.43 Å². The van der Waals surface area contributed by atoms with Gasteiger partial charge in [0.1, 0.15) is 18.0 Å². The van der Waals surface area contributed by atoms with E-state index < -0.39 is 12.1 Å². The highest BCUT2D eigenvalue weighted by atomic mass is 32.1. The molecular weight excluding hydrogens is 372 g/mol. The third kappa shape index (κ3) is 5.10. The summed E-state index contributed by atoms with van der Waals surface area (Å²) in [6.45, 7) is 2.68. The second kappa shape index (κ2) is 9.05. The molecule has 0 amide bonds. The van der Waals surface area contributed by atoms with Gasteiger partial charge in [0.2, 0.25) is 0 Å². The normalized spacial score (nSPS) is 17.8. The number of imidazole rings is 1. The van der Waals surface area contributed by atoms with Crippen LogP contribution in [0.5, 0.6) is 0 Å². The molecule has 1 unspecified atom stereocenters. The molecule has 3 heterocycles. The SMILES string of the molecule is N=C(/C=C\c1ncc(-c2cc(N3CCCC(CNS)C3)ncn2)[nH]1)C(F)F. The molecule has 0 spiro atoms. The molecule has 1 aliphatic heterocycles. The number of hydrogen-bond acceptors (Lipinski definition) is 7. The third-order valence-electron chi connectivity index (χ3n) is 4.40. The van der Waals surface area contributed by atoms with Crippen molar-refractivity contribution in [1.29, 1.82) is 5.41 Å². The third-order valence-corrected chi connectivity index (χ3v) is 4.59. The van der Waals surface area contributed by atoms with E-state index >= 15 is 0 Å². The second-order valence-electron chi connectivity index (χ2n) is 6.35. The first-order chi connectivity index (χ1) is 13.1.